The summed E-state index contributed by atoms with van der Waals surface area (Å²) in [6, 6.07) is 9.04. The van der Waals surface area contributed by atoms with Crippen LogP contribution in [0.3, 0.4) is 0 Å². The van der Waals surface area contributed by atoms with E-state index in [-0.39, 0.29) is 46.9 Å². The predicted molar refractivity (Wildman–Crippen MR) is 129 cm³/mol. The Morgan fingerprint density at radius 1 is 1.15 bits per heavy atom. The summed E-state index contributed by atoms with van der Waals surface area (Å²) in [6.07, 6.45) is 8.00. The number of rotatable bonds is 6. The van der Waals surface area contributed by atoms with Gasteiger partial charge in [0.2, 0.25) is 5.91 Å². The highest BCUT2D eigenvalue weighted by Gasteiger charge is 2.53. The van der Waals surface area contributed by atoms with Crippen LogP contribution < -0.4 is 10.6 Å². The van der Waals surface area contributed by atoms with Gasteiger partial charge < -0.3 is 15.7 Å². The highest BCUT2D eigenvalue weighted by atomic mass is 16.3. The minimum Gasteiger partial charge on any atom is -0.392 e. The number of aromatic nitrogens is 2. The summed E-state index contributed by atoms with van der Waals surface area (Å²) in [7, 11) is 0. The Balaban J connectivity index is 1.42. The fraction of sp³-hybridized carbons (Fsp3) is 0.556. The number of nitrogens with one attached hydrogen (secondary N) is 2. The second-order valence-corrected chi connectivity index (χ2v) is 10.4. The lowest BCUT2D eigenvalue weighted by atomic mass is 9.51. The molecule has 7 heteroatoms. The van der Waals surface area contributed by atoms with E-state index in [0.29, 0.717) is 12.1 Å². The van der Waals surface area contributed by atoms with Crippen molar-refractivity contribution in [3.8, 4) is 0 Å². The van der Waals surface area contributed by atoms with Gasteiger partial charge in [0.15, 0.2) is 0 Å². The van der Waals surface area contributed by atoms with Crippen molar-refractivity contribution in [2.45, 2.75) is 65.1 Å². The highest BCUT2D eigenvalue weighted by molar-refractivity contribution is 5.94. The lowest BCUT2D eigenvalue weighted by Crippen LogP contribution is -2.58. The SMILES string of the molecule is C[C@H]1[C@@H]2[C@@H](O)[C@@H]([C@H](C)C(=O)NCc3ccccn3)CC[C@@]2(C)CC[C@@H]1NC(=O)c1ccncc1. The number of hydrogen-bond acceptors (Lipinski definition) is 5. The Kier molecular flexibility index (Phi) is 7.31. The molecule has 2 fully saturated rings. The molecule has 3 N–H and O–H groups in total. The number of carbonyl (C=O) groups excluding carboxylic acids is 2. The average Bonchev–Trinajstić information content (AvgIpc) is 2.85. The topological polar surface area (TPSA) is 104 Å². The zero-order chi connectivity index (χ0) is 24.3. The largest absolute Gasteiger partial charge is 0.392 e. The Hall–Kier alpha value is -2.80. The van der Waals surface area contributed by atoms with Gasteiger partial charge >= 0.3 is 0 Å². The fourth-order valence-corrected chi connectivity index (χ4v) is 6.29. The van der Waals surface area contributed by atoms with Gasteiger partial charge in [-0.15, -0.1) is 0 Å². The van der Waals surface area contributed by atoms with Crippen molar-refractivity contribution in [3.05, 3.63) is 60.2 Å². The number of aliphatic hydroxyl groups excluding tert-OH is 1. The first-order valence-electron chi connectivity index (χ1n) is 12.4. The van der Waals surface area contributed by atoms with Gasteiger partial charge in [0, 0.05) is 36.1 Å². The molecule has 7 nitrogen and oxygen atoms in total. The number of hydrogen-bond donors (Lipinski definition) is 3. The lowest BCUT2D eigenvalue weighted by molar-refractivity contribution is -0.142. The lowest BCUT2D eigenvalue weighted by Gasteiger charge is -2.56. The van der Waals surface area contributed by atoms with Gasteiger partial charge in [-0.3, -0.25) is 19.6 Å². The van der Waals surface area contributed by atoms with Gasteiger partial charge in [0.05, 0.1) is 18.3 Å². The molecule has 2 aliphatic carbocycles. The minimum atomic E-state index is -0.593. The van der Waals surface area contributed by atoms with E-state index in [9.17, 15) is 14.7 Å². The first-order chi connectivity index (χ1) is 16.3. The van der Waals surface area contributed by atoms with Crippen LogP contribution in [-0.2, 0) is 11.3 Å². The number of carbonyl (C=O) groups is 2. The van der Waals surface area contributed by atoms with Crippen LogP contribution in [0.2, 0.25) is 0 Å². The monoisotopic (exact) mass is 464 g/mol. The summed E-state index contributed by atoms with van der Waals surface area (Å²) in [6.45, 7) is 6.70. The number of fused-ring (bicyclic) bond motifs is 1. The summed E-state index contributed by atoms with van der Waals surface area (Å²) < 4.78 is 0. The van der Waals surface area contributed by atoms with Crippen LogP contribution in [0.1, 0.15) is 62.5 Å². The molecule has 2 amide bonds. The first kappa shape index (κ1) is 24.3. The van der Waals surface area contributed by atoms with Crippen LogP contribution in [0, 0.1) is 29.1 Å². The molecule has 2 aromatic rings. The maximum Gasteiger partial charge on any atom is 0.251 e. The minimum absolute atomic E-state index is 0.0113. The maximum atomic E-state index is 12.9. The Labute approximate surface area is 201 Å². The molecule has 0 saturated heterocycles. The van der Waals surface area contributed by atoms with E-state index in [2.05, 4.69) is 34.4 Å². The van der Waals surface area contributed by atoms with E-state index in [1.165, 1.54) is 0 Å². The van der Waals surface area contributed by atoms with E-state index < -0.39 is 6.10 Å². The molecule has 2 heterocycles. The molecule has 2 aliphatic rings. The molecule has 0 aromatic carbocycles. The Morgan fingerprint density at radius 2 is 1.88 bits per heavy atom. The number of amides is 2. The third-order valence-corrected chi connectivity index (χ3v) is 8.37. The Bertz CT molecular complexity index is 986. The molecule has 7 atom stereocenters. The normalized spacial score (nSPS) is 31.7. The van der Waals surface area contributed by atoms with Crippen molar-refractivity contribution in [2.24, 2.45) is 29.1 Å². The quantitative estimate of drug-likeness (QED) is 0.608. The standard InChI is InChI=1S/C27H36N4O3/c1-17(25(33)30-16-20-6-4-5-13-29-20)21-7-11-27(3)12-8-22(18(2)23(27)24(21)32)31-26(34)19-9-14-28-15-10-19/h4-6,9-10,13-15,17-18,21-24,32H,7-8,11-12,16H2,1-3H3,(H,30,33)(H,31,34)/t17-,18+,21+,22-,23+,24-,27-/m0/s1. The zero-order valence-corrected chi connectivity index (χ0v) is 20.3. The molecule has 0 aliphatic heterocycles. The summed E-state index contributed by atoms with van der Waals surface area (Å²) >= 11 is 0. The molecule has 182 valence electrons. The van der Waals surface area contributed by atoms with E-state index in [4.69, 9.17) is 0 Å². The van der Waals surface area contributed by atoms with Gasteiger partial charge in [-0.2, -0.15) is 0 Å². The van der Waals surface area contributed by atoms with Crippen LogP contribution in [-0.4, -0.2) is 39.0 Å². The summed E-state index contributed by atoms with van der Waals surface area (Å²) in [5.41, 5.74) is 1.42. The van der Waals surface area contributed by atoms with Crippen LogP contribution >= 0.6 is 0 Å². The summed E-state index contributed by atoms with van der Waals surface area (Å²) in [5, 5.41) is 17.7. The third kappa shape index (κ3) is 4.99. The number of pyridine rings is 2. The smallest absolute Gasteiger partial charge is 0.251 e. The second-order valence-electron chi connectivity index (χ2n) is 10.4. The average molecular weight is 465 g/mol. The van der Waals surface area contributed by atoms with E-state index in [1.54, 1.807) is 30.7 Å². The van der Waals surface area contributed by atoms with Crippen LogP contribution in [0.15, 0.2) is 48.9 Å². The van der Waals surface area contributed by atoms with Crippen molar-refractivity contribution >= 4 is 11.8 Å². The van der Waals surface area contributed by atoms with Crippen molar-refractivity contribution < 1.29 is 14.7 Å². The molecule has 2 aromatic heterocycles. The van der Waals surface area contributed by atoms with Gasteiger partial charge in [-0.25, -0.2) is 0 Å². The van der Waals surface area contributed by atoms with Crippen LogP contribution in [0.5, 0.6) is 0 Å². The molecule has 0 bridgehead atoms. The molecule has 4 rings (SSSR count). The Morgan fingerprint density at radius 3 is 2.59 bits per heavy atom. The fourth-order valence-electron chi connectivity index (χ4n) is 6.29. The van der Waals surface area contributed by atoms with Crippen molar-refractivity contribution in [3.63, 3.8) is 0 Å². The first-order valence-corrected chi connectivity index (χ1v) is 12.4. The van der Waals surface area contributed by atoms with E-state index in [0.717, 1.165) is 31.4 Å². The predicted octanol–water partition coefficient (Wildman–Crippen LogP) is 3.35. The van der Waals surface area contributed by atoms with Crippen LogP contribution in [0.25, 0.3) is 0 Å². The zero-order valence-electron chi connectivity index (χ0n) is 20.3. The summed E-state index contributed by atoms with van der Waals surface area (Å²) in [4.78, 5) is 34.0. The van der Waals surface area contributed by atoms with E-state index in [1.807, 2.05) is 25.1 Å². The van der Waals surface area contributed by atoms with Gasteiger partial charge in [0.1, 0.15) is 0 Å². The van der Waals surface area contributed by atoms with Crippen molar-refractivity contribution in [2.75, 3.05) is 0 Å². The molecule has 0 unspecified atom stereocenters. The van der Waals surface area contributed by atoms with E-state index >= 15 is 0 Å². The molecule has 0 spiro atoms. The molecule has 0 radical (unpaired) electrons. The molecular weight excluding hydrogens is 428 g/mol. The van der Waals surface area contributed by atoms with Gasteiger partial charge in [-0.1, -0.05) is 26.8 Å². The summed E-state index contributed by atoms with van der Waals surface area (Å²) in [5.74, 6) is -0.447. The van der Waals surface area contributed by atoms with Crippen LogP contribution in [0.4, 0.5) is 0 Å². The van der Waals surface area contributed by atoms with Crippen molar-refractivity contribution in [1.29, 1.82) is 0 Å². The molecule has 34 heavy (non-hydrogen) atoms. The molecular formula is C27H36N4O3. The number of nitrogens with zero attached hydrogens (tertiary/aromatic N) is 2. The van der Waals surface area contributed by atoms with Gasteiger partial charge in [-0.05, 0) is 73.1 Å². The van der Waals surface area contributed by atoms with Crippen molar-refractivity contribution in [1.82, 2.24) is 20.6 Å². The highest BCUT2D eigenvalue weighted by Crippen LogP contribution is 2.55. The maximum absolute atomic E-state index is 12.9. The third-order valence-electron chi connectivity index (χ3n) is 8.37. The molecule has 2 saturated carbocycles. The number of aliphatic hydroxyl groups is 1. The second kappa shape index (κ2) is 10.2. The van der Waals surface area contributed by atoms with Gasteiger partial charge in [0.25, 0.3) is 5.91 Å².